The van der Waals surface area contributed by atoms with E-state index in [2.05, 4.69) is 74.3 Å². The summed E-state index contributed by atoms with van der Waals surface area (Å²) in [4.78, 5) is 7.41. The van der Waals surface area contributed by atoms with Gasteiger partial charge in [0, 0.05) is 50.9 Å². The molecule has 3 heterocycles. The van der Waals surface area contributed by atoms with Gasteiger partial charge in [0.25, 0.3) is 0 Å². The summed E-state index contributed by atoms with van der Waals surface area (Å²) >= 11 is 0. The van der Waals surface area contributed by atoms with Crippen LogP contribution in [0.3, 0.4) is 0 Å². The molecule has 2 aromatic heterocycles. The fourth-order valence-corrected chi connectivity index (χ4v) is 4.41. The zero-order valence-electron chi connectivity index (χ0n) is 19.7. The standard InChI is InChI=1S/C25H35N7.HI/c1-3-26-25(27-15-9-13-24-30-29-23-12-7-8-16-32(23)24)28-22-14-17-31(20(2)18-22)19-21-10-5-4-6-11-21;/h4-8,10-12,16,20,22H,3,9,13-15,17-19H2,1-2H3,(H2,26,27,28);1H. The van der Waals surface area contributed by atoms with E-state index < -0.39 is 0 Å². The van der Waals surface area contributed by atoms with E-state index in [9.17, 15) is 0 Å². The molecule has 3 aromatic rings. The van der Waals surface area contributed by atoms with E-state index in [-0.39, 0.29) is 24.0 Å². The minimum atomic E-state index is 0. The van der Waals surface area contributed by atoms with Gasteiger partial charge in [-0.15, -0.1) is 34.2 Å². The Balaban J connectivity index is 0.00000306. The minimum absolute atomic E-state index is 0. The number of guanidine groups is 1. The second kappa shape index (κ2) is 12.9. The number of piperidine rings is 1. The highest BCUT2D eigenvalue weighted by atomic mass is 127. The molecular weight excluding hydrogens is 525 g/mol. The third kappa shape index (κ3) is 7.14. The highest BCUT2D eigenvalue weighted by Crippen LogP contribution is 2.20. The Morgan fingerprint density at radius 2 is 1.94 bits per heavy atom. The Kier molecular flexibility index (Phi) is 9.93. The van der Waals surface area contributed by atoms with Crippen molar-refractivity contribution in [3.63, 3.8) is 0 Å². The second-order valence-electron chi connectivity index (χ2n) is 8.58. The van der Waals surface area contributed by atoms with E-state index in [0.29, 0.717) is 12.1 Å². The van der Waals surface area contributed by atoms with Crippen LogP contribution >= 0.6 is 24.0 Å². The molecule has 1 aliphatic rings. The molecule has 0 spiro atoms. The predicted molar refractivity (Wildman–Crippen MR) is 145 cm³/mol. The van der Waals surface area contributed by atoms with Crippen LogP contribution in [0.4, 0.5) is 0 Å². The summed E-state index contributed by atoms with van der Waals surface area (Å²) in [6.07, 6.45) is 6.09. The lowest BCUT2D eigenvalue weighted by Crippen LogP contribution is -2.51. The molecule has 178 valence electrons. The highest BCUT2D eigenvalue weighted by Gasteiger charge is 2.25. The first-order valence-corrected chi connectivity index (χ1v) is 11.8. The number of nitrogens with one attached hydrogen (secondary N) is 2. The van der Waals surface area contributed by atoms with Gasteiger partial charge in [-0.05, 0) is 50.8 Å². The van der Waals surface area contributed by atoms with Crippen molar-refractivity contribution in [2.24, 2.45) is 4.99 Å². The van der Waals surface area contributed by atoms with E-state index in [1.165, 1.54) is 5.56 Å². The SMILES string of the molecule is CCNC(=NCCCc1nnc2ccccn12)NC1CCN(Cc2ccccc2)C(C)C1.I. The summed E-state index contributed by atoms with van der Waals surface area (Å²) in [6, 6.07) is 17.7. The van der Waals surface area contributed by atoms with E-state index >= 15 is 0 Å². The topological polar surface area (TPSA) is 69.8 Å². The number of nitrogens with zero attached hydrogens (tertiary/aromatic N) is 5. The largest absolute Gasteiger partial charge is 0.357 e. The molecule has 33 heavy (non-hydrogen) atoms. The smallest absolute Gasteiger partial charge is 0.191 e. The van der Waals surface area contributed by atoms with Crippen molar-refractivity contribution < 1.29 is 0 Å². The van der Waals surface area contributed by atoms with Crippen molar-refractivity contribution in [1.82, 2.24) is 30.1 Å². The maximum absolute atomic E-state index is 4.82. The number of likely N-dealkylation sites (tertiary alicyclic amines) is 1. The molecule has 0 saturated carbocycles. The van der Waals surface area contributed by atoms with Gasteiger partial charge in [0.1, 0.15) is 5.82 Å². The number of aryl methyl sites for hydroxylation is 1. The molecular formula is C25H36IN7. The van der Waals surface area contributed by atoms with Crippen LogP contribution in [-0.4, -0.2) is 57.2 Å². The quantitative estimate of drug-likeness (QED) is 0.189. The van der Waals surface area contributed by atoms with Crippen LogP contribution in [0.2, 0.25) is 0 Å². The molecule has 7 nitrogen and oxygen atoms in total. The first-order chi connectivity index (χ1) is 15.7. The number of pyridine rings is 1. The summed E-state index contributed by atoms with van der Waals surface area (Å²) in [5.74, 6) is 1.92. The normalized spacial score (nSPS) is 19.3. The Labute approximate surface area is 214 Å². The van der Waals surface area contributed by atoms with Gasteiger partial charge in [-0.25, -0.2) is 0 Å². The van der Waals surface area contributed by atoms with Gasteiger partial charge in [0.15, 0.2) is 11.6 Å². The number of hydrogen-bond donors (Lipinski definition) is 2. The van der Waals surface area contributed by atoms with Crippen LogP contribution in [0.25, 0.3) is 5.65 Å². The van der Waals surface area contributed by atoms with E-state index in [4.69, 9.17) is 4.99 Å². The molecule has 2 N–H and O–H groups in total. The lowest BCUT2D eigenvalue weighted by Gasteiger charge is -2.38. The summed E-state index contributed by atoms with van der Waals surface area (Å²) < 4.78 is 2.05. The zero-order valence-corrected chi connectivity index (χ0v) is 22.0. The second-order valence-corrected chi connectivity index (χ2v) is 8.58. The fraction of sp³-hybridized carbons (Fsp3) is 0.480. The molecule has 0 amide bonds. The van der Waals surface area contributed by atoms with Crippen LogP contribution in [0.5, 0.6) is 0 Å². The van der Waals surface area contributed by atoms with E-state index in [0.717, 1.165) is 69.3 Å². The summed E-state index contributed by atoms with van der Waals surface area (Å²) in [7, 11) is 0. The van der Waals surface area contributed by atoms with Gasteiger partial charge in [0.2, 0.25) is 0 Å². The first-order valence-electron chi connectivity index (χ1n) is 11.8. The van der Waals surface area contributed by atoms with Gasteiger partial charge >= 0.3 is 0 Å². The lowest BCUT2D eigenvalue weighted by molar-refractivity contribution is 0.134. The number of aromatic nitrogens is 3. The predicted octanol–water partition coefficient (Wildman–Crippen LogP) is 3.89. The molecule has 2 unspecified atom stereocenters. The van der Waals surface area contributed by atoms with E-state index in [1.807, 2.05) is 24.4 Å². The maximum atomic E-state index is 4.82. The minimum Gasteiger partial charge on any atom is -0.357 e. The van der Waals surface area contributed by atoms with E-state index in [1.54, 1.807) is 0 Å². The summed E-state index contributed by atoms with van der Waals surface area (Å²) in [5, 5.41) is 15.6. The van der Waals surface area contributed by atoms with Gasteiger partial charge < -0.3 is 10.6 Å². The Morgan fingerprint density at radius 3 is 2.73 bits per heavy atom. The molecule has 0 bridgehead atoms. The summed E-state index contributed by atoms with van der Waals surface area (Å²) in [6.45, 7) is 8.21. The van der Waals surface area contributed by atoms with Crippen molar-refractivity contribution in [2.75, 3.05) is 19.6 Å². The Bertz CT molecular complexity index is 1000. The summed E-state index contributed by atoms with van der Waals surface area (Å²) in [5.41, 5.74) is 2.29. The fourth-order valence-electron chi connectivity index (χ4n) is 4.41. The molecule has 1 fully saturated rings. The molecule has 1 saturated heterocycles. The van der Waals surface area contributed by atoms with Gasteiger partial charge in [-0.2, -0.15) is 0 Å². The third-order valence-corrected chi connectivity index (χ3v) is 6.14. The lowest BCUT2D eigenvalue weighted by atomic mass is 9.97. The average molecular weight is 562 g/mol. The molecule has 8 heteroatoms. The Morgan fingerprint density at radius 1 is 1.12 bits per heavy atom. The monoisotopic (exact) mass is 561 g/mol. The maximum Gasteiger partial charge on any atom is 0.191 e. The molecule has 4 rings (SSSR count). The molecule has 0 radical (unpaired) electrons. The highest BCUT2D eigenvalue weighted by molar-refractivity contribution is 14.0. The number of halogens is 1. The third-order valence-electron chi connectivity index (χ3n) is 6.14. The van der Waals surface area contributed by atoms with Crippen LogP contribution in [-0.2, 0) is 13.0 Å². The number of hydrogen-bond acceptors (Lipinski definition) is 4. The van der Waals surface area contributed by atoms with Crippen molar-refractivity contribution in [1.29, 1.82) is 0 Å². The molecule has 1 aliphatic heterocycles. The molecule has 1 aromatic carbocycles. The van der Waals surface area contributed by atoms with Gasteiger partial charge in [-0.1, -0.05) is 36.4 Å². The average Bonchev–Trinajstić information content (AvgIpc) is 3.22. The van der Waals surface area contributed by atoms with Crippen molar-refractivity contribution in [3.05, 3.63) is 66.1 Å². The van der Waals surface area contributed by atoms with Crippen molar-refractivity contribution in [2.45, 2.75) is 58.2 Å². The molecule has 0 aliphatic carbocycles. The van der Waals surface area contributed by atoms with Crippen LogP contribution in [0, 0.1) is 0 Å². The van der Waals surface area contributed by atoms with Crippen molar-refractivity contribution >= 4 is 35.6 Å². The van der Waals surface area contributed by atoms with Crippen molar-refractivity contribution in [3.8, 4) is 0 Å². The Hall–Kier alpha value is -2.20. The first kappa shape index (κ1) is 25.4. The van der Waals surface area contributed by atoms with Crippen LogP contribution in [0.15, 0.2) is 59.7 Å². The van der Waals surface area contributed by atoms with Gasteiger partial charge in [0.05, 0.1) is 0 Å². The zero-order chi connectivity index (χ0) is 22.2. The number of aliphatic imine (C=N–C) groups is 1. The number of rotatable bonds is 8. The number of benzene rings is 1. The van der Waals surface area contributed by atoms with Crippen LogP contribution in [0.1, 0.15) is 44.5 Å². The molecule has 2 atom stereocenters. The van der Waals surface area contributed by atoms with Gasteiger partial charge in [-0.3, -0.25) is 14.3 Å². The van der Waals surface area contributed by atoms with Crippen LogP contribution < -0.4 is 10.6 Å². The number of fused-ring (bicyclic) bond motifs is 1.